The highest BCUT2D eigenvalue weighted by Gasteiger charge is 1.99. The lowest BCUT2D eigenvalue weighted by molar-refractivity contribution is 0.629. The Morgan fingerprint density at radius 2 is 0.944 bits per heavy atom. The molecule has 0 spiro atoms. The lowest BCUT2D eigenvalue weighted by Crippen LogP contribution is -1.89. The van der Waals surface area contributed by atoms with Crippen molar-refractivity contribution in [3.8, 4) is 0 Å². The van der Waals surface area contributed by atoms with E-state index in [1.165, 1.54) is 72.7 Å². The van der Waals surface area contributed by atoms with Crippen molar-refractivity contribution in [3.63, 3.8) is 0 Å². The lowest BCUT2D eigenvalue weighted by atomic mass is 10.1. The number of benzene rings is 1. The molecule has 0 saturated carbocycles. The van der Waals surface area contributed by atoms with Gasteiger partial charge in [-0.1, -0.05) is 49.9 Å². The van der Waals surface area contributed by atoms with E-state index in [4.69, 9.17) is 0 Å². The minimum Gasteiger partial charge on any atom is -0.157 e. The quantitative estimate of drug-likeness (QED) is 0.615. The first-order valence-electron chi connectivity index (χ1n) is 7.18. The highest BCUT2D eigenvalue weighted by molar-refractivity contribution is 7.98. The Bertz CT molecular complexity index is 285. The maximum atomic E-state index is 2.31. The fourth-order valence-electron chi connectivity index (χ4n) is 2.23. The van der Waals surface area contributed by atoms with Gasteiger partial charge in [0.05, 0.1) is 0 Å². The summed E-state index contributed by atoms with van der Waals surface area (Å²) in [5, 5.41) is 0. The summed E-state index contributed by atoms with van der Waals surface area (Å²) in [4.78, 5) is 0. The van der Waals surface area contributed by atoms with Gasteiger partial charge in [0.15, 0.2) is 0 Å². The molecule has 0 aromatic heterocycles. The monoisotopic (exact) mass is 280 g/mol. The van der Waals surface area contributed by atoms with Crippen LogP contribution in [0.3, 0.4) is 0 Å². The molecule has 3 rings (SSSR count). The Balaban J connectivity index is 1.84. The van der Waals surface area contributed by atoms with Crippen LogP contribution in [0.2, 0.25) is 0 Å². The second-order valence-corrected chi connectivity index (χ2v) is 7.25. The molecule has 2 aliphatic rings. The Labute approximate surface area is 120 Å². The Kier molecular flexibility index (Phi) is 7.11. The lowest BCUT2D eigenvalue weighted by Gasteiger charge is -2.07. The molecule has 0 atom stereocenters. The fraction of sp³-hybridized carbons (Fsp3) is 0.625. The molecule has 0 radical (unpaired) electrons. The summed E-state index contributed by atoms with van der Waals surface area (Å²) < 4.78 is 0. The maximum absolute atomic E-state index is 2.31. The smallest absolute Gasteiger partial charge is 0.0184 e. The molecule has 0 aliphatic carbocycles. The van der Waals surface area contributed by atoms with E-state index in [-0.39, 0.29) is 0 Å². The van der Waals surface area contributed by atoms with E-state index in [0.717, 1.165) is 0 Å². The molecular weight excluding hydrogens is 256 g/mol. The van der Waals surface area contributed by atoms with Gasteiger partial charge < -0.3 is 0 Å². The van der Waals surface area contributed by atoms with Crippen LogP contribution >= 0.6 is 23.5 Å². The average Bonchev–Trinajstić information content (AvgIpc) is 2.40. The Hall–Kier alpha value is -0.0800. The molecule has 0 N–H and O–H groups in total. The van der Waals surface area contributed by atoms with Crippen LogP contribution in [0.1, 0.15) is 49.7 Å². The van der Waals surface area contributed by atoms with Gasteiger partial charge in [0.1, 0.15) is 0 Å². The predicted octanol–water partition coefficient (Wildman–Crippen LogP) is 5.51. The molecule has 1 aromatic rings. The topological polar surface area (TPSA) is 0 Å². The summed E-state index contributed by atoms with van der Waals surface area (Å²) in [5.74, 6) is 5.04. The van der Waals surface area contributed by atoms with Crippen molar-refractivity contribution < 1.29 is 0 Å². The molecule has 0 fully saturated rings. The van der Waals surface area contributed by atoms with E-state index in [1.54, 1.807) is 0 Å². The zero-order valence-electron chi connectivity index (χ0n) is 11.2. The zero-order chi connectivity index (χ0) is 12.5. The summed E-state index contributed by atoms with van der Waals surface area (Å²) in [6.07, 6.45) is 8.55. The third kappa shape index (κ3) is 5.71. The largest absolute Gasteiger partial charge is 0.157 e. The molecule has 2 bridgehead atoms. The first-order chi connectivity index (χ1) is 8.95. The van der Waals surface area contributed by atoms with Gasteiger partial charge in [-0.2, -0.15) is 23.5 Å². The fourth-order valence-corrected chi connectivity index (χ4v) is 4.19. The predicted molar refractivity (Wildman–Crippen MR) is 86.5 cm³/mol. The Morgan fingerprint density at radius 1 is 0.556 bits per heavy atom. The molecule has 1 aromatic carbocycles. The normalized spacial score (nSPS) is 19.8. The molecule has 2 heteroatoms. The van der Waals surface area contributed by atoms with E-state index >= 15 is 0 Å². The molecular formula is C16H24S2. The second-order valence-electron chi connectivity index (χ2n) is 5.04. The number of hydrogen-bond donors (Lipinski definition) is 0. The molecule has 18 heavy (non-hydrogen) atoms. The van der Waals surface area contributed by atoms with Gasteiger partial charge in [-0.25, -0.2) is 0 Å². The molecule has 2 heterocycles. The van der Waals surface area contributed by atoms with Gasteiger partial charge in [-0.3, -0.25) is 0 Å². The van der Waals surface area contributed by atoms with Gasteiger partial charge in [0.25, 0.3) is 0 Å². The van der Waals surface area contributed by atoms with Crippen molar-refractivity contribution in [2.24, 2.45) is 0 Å². The van der Waals surface area contributed by atoms with E-state index in [9.17, 15) is 0 Å². The maximum Gasteiger partial charge on any atom is 0.0184 e. The average molecular weight is 281 g/mol. The van der Waals surface area contributed by atoms with Crippen molar-refractivity contribution in [1.82, 2.24) is 0 Å². The molecule has 100 valence electrons. The molecule has 0 amide bonds. The second kappa shape index (κ2) is 8.92. The van der Waals surface area contributed by atoms with Gasteiger partial charge >= 0.3 is 0 Å². The van der Waals surface area contributed by atoms with Crippen LogP contribution in [0.4, 0.5) is 0 Å². The number of fused-ring (bicyclic) bond motifs is 13. The summed E-state index contributed by atoms with van der Waals surface area (Å²) >= 11 is 4.18. The van der Waals surface area contributed by atoms with Gasteiger partial charge in [-0.15, -0.1) is 0 Å². The summed E-state index contributed by atoms with van der Waals surface area (Å²) in [6, 6.07) is 9.26. The van der Waals surface area contributed by atoms with Crippen LogP contribution in [-0.4, -0.2) is 11.5 Å². The SMILES string of the molecule is c1cc2ccc1CSCCCCCCCCSC2. The minimum atomic E-state index is 1.19. The molecule has 2 aliphatic heterocycles. The van der Waals surface area contributed by atoms with Crippen LogP contribution in [0.5, 0.6) is 0 Å². The van der Waals surface area contributed by atoms with Crippen molar-refractivity contribution >= 4 is 23.5 Å². The Morgan fingerprint density at radius 3 is 1.39 bits per heavy atom. The summed E-state index contributed by atoms with van der Waals surface area (Å²) in [6.45, 7) is 0. The van der Waals surface area contributed by atoms with Crippen LogP contribution in [0.15, 0.2) is 24.3 Å². The third-order valence-electron chi connectivity index (χ3n) is 3.39. The van der Waals surface area contributed by atoms with E-state index in [0.29, 0.717) is 0 Å². The summed E-state index contributed by atoms with van der Waals surface area (Å²) in [5.41, 5.74) is 2.97. The zero-order valence-corrected chi connectivity index (χ0v) is 12.8. The minimum absolute atomic E-state index is 1.19. The standard InChI is InChI=1S/C16H24S2/c1-2-4-6-12-18-14-16-9-7-15(8-10-16)13-17-11-5-3-1/h7-10H,1-6,11-14H2. The van der Waals surface area contributed by atoms with Gasteiger partial charge in [0, 0.05) is 11.5 Å². The van der Waals surface area contributed by atoms with E-state index in [1.807, 2.05) is 0 Å². The van der Waals surface area contributed by atoms with E-state index in [2.05, 4.69) is 47.8 Å². The number of rotatable bonds is 0. The molecule has 0 nitrogen and oxygen atoms in total. The number of thioether (sulfide) groups is 2. The van der Waals surface area contributed by atoms with Crippen LogP contribution in [0, 0.1) is 0 Å². The van der Waals surface area contributed by atoms with Crippen molar-refractivity contribution in [1.29, 1.82) is 0 Å². The highest BCUT2D eigenvalue weighted by atomic mass is 32.2. The van der Waals surface area contributed by atoms with E-state index < -0.39 is 0 Å². The third-order valence-corrected chi connectivity index (χ3v) is 5.62. The van der Waals surface area contributed by atoms with Crippen LogP contribution in [-0.2, 0) is 11.5 Å². The first-order valence-corrected chi connectivity index (χ1v) is 9.49. The van der Waals surface area contributed by atoms with Gasteiger partial charge in [-0.05, 0) is 35.5 Å². The van der Waals surface area contributed by atoms with Crippen molar-refractivity contribution in [3.05, 3.63) is 35.4 Å². The molecule has 0 unspecified atom stereocenters. The van der Waals surface area contributed by atoms with Crippen LogP contribution in [0.25, 0.3) is 0 Å². The first kappa shape index (κ1) is 14.3. The van der Waals surface area contributed by atoms with Crippen LogP contribution < -0.4 is 0 Å². The summed E-state index contributed by atoms with van der Waals surface area (Å²) in [7, 11) is 0. The highest BCUT2D eigenvalue weighted by Crippen LogP contribution is 2.19. The van der Waals surface area contributed by atoms with Crippen molar-refractivity contribution in [2.45, 2.75) is 50.0 Å². The molecule has 0 saturated heterocycles. The number of hydrogen-bond acceptors (Lipinski definition) is 2. The van der Waals surface area contributed by atoms with Crippen molar-refractivity contribution in [2.75, 3.05) is 11.5 Å². The van der Waals surface area contributed by atoms with Gasteiger partial charge in [0.2, 0.25) is 0 Å².